The fourth-order valence-electron chi connectivity index (χ4n) is 0.574. The molecule has 0 N–H and O–H groups in total. The van der Waals surface area contributed by atoms with E-state index >= 15 is 0 Å². The van der Waals surface area contributed by atoms with E-state index in [4.69, 9.17) is 11.2 Å². The summed E-state index contributed by atoms with van der Waals surface area (Å²) in [7, 11) is -0.180. The van der Waals surface area contributed by atoms with Crippen molar-refractivity contribution in [2.75, 3.05) is 23.0 Å². The van der Waals surface area contributed by atoms with Gasteiger partial charge in [-0.1, -0.05) is 43.1 Å². The minimum Gasteiger partial charge on any atom is -0.0964 e. The van der Waals surface area contributed by atoms with Gasteiger partial charge in [0.05, 0.1) is 0 Å². The molecule has 0 aliphatic rings. The van der Waals surface area contributed by atoms with Crippen molar-refractivity contribution in [3.63, 3.8) is 0 Å². The molecule has 0 bridgehead atoms. The van der Waals surface area contributed by atoms with Crippen molar-refractivity contribution in [2.24, 2.45) is 0 Å². The largest absolute Gasteiger partial charge is 0.0964 e. The monoisotopic (exact) mass is 308 g/mol. The molecule has 0 heterocycles. The maximum absolute atomic E-state index is 6.06. The van der Waals surface area contributed by atoms with Gasteiger partial charge in [0.15, 0.2) is 0 Å². The average molecular weight is 310 g/mol. The van der Waals surface area contributed by atoms with Crippen molar-refractivity contribution in [1.82, 2.24) is 0 Å². The first-order valence-corrected chi connectivity index (χ1v) is 8.20. The third-order valence-electron chi connectivity index (χ3n) is 1.07. The molecule has 4 heteroatoms. The smallest absolute Gasteiger partial charge is 0.00350 e. The molecule has 0 rings (SSSR count). The van der Waals surface area contributed by atoms with Gasteiger partial charge < -0.3 is 0 Å². The lowest BCUT2D eigenvalue weighted by Gasteiger charge is -2.05. The van der Waals surface area contributed by atoms with Crippen LogP contribution < -0.4 is 0 Å². The fourth-order valence-corrected chi connectivity index (χ4v) is 3.95. The molecule has 0 aliphatic heterocycles. The van der Waals surface area contributed by atoms with E-state index in [2.05, 4.69) is 31.9 Å². The zero-order chi connectivity index (χ0) is 7.82. The Morgan fingerprint density at radius 1 is 1.00 bits per heavy atom. The number of hydrogen-bond acceptors (Lipinski definition) is 0. The Morgan fingerprint density at radius 2 is 1.40 bits per heavy atom. The first-order valence-electron chi connectivity index (χ1n) is 3.34. The normalized spacial score (nSPS) is 10.8. The van der Waals surface area contributed by atoms with Crippen LogP contribution in [0.15, 0.2) is 0 Å². The molecular formula is C6H12Br2ClP. The summed E-state index contributed by atoms with van der Waals surface area (Å²) in [4.78, 5) is 0. The number of alkyl halides is 2. The average Bonchev–Trinajstić information content (AvgIpc) is 1.97. The molecule has 0 saturated carbocycles. The summed E-state index contributed by atoms with van der Waals surface area (Å²) in [6.45, 7) is 0. The topological polar surface area (TPSA) is 0 Å². The molecule has 0 amide bonds. The van der Waals surface area contributed by atoms with Crippen molar-refractivity contribution >= 4 is 50.4 Å². The molecule has 0 fully saturated rings. The predicted octanol–water partition coefficient (Wildman–Crippen LogP) is 4.19. The second kappa shape index (κ2) is 8.77. The van der Waals surface area contributed by atoms with Gasteiger partial charge in [-0.05, 0) is 32.4 Å². The van der Waals surface area contributed by atoms with Crippen LogP contribution in [-0.2, 0) is 0 Å². The summed E-state index contributed by atoms with van der Waals surface area (Å²) < 4.78 is 0. The third kappa shape index (κ3) is 7.78. The van der Waals surface area contributed by atoms with Crippen LogP contribution in [0.1, 0.15) is 12.8 Å². The van der Waals surface area contributed by atoms with Crippen molar-refractivity contribution in [2.45, 2.75) is 12.8 Å². The quantitative estimate of drug-likeness (QED) is 0.510. The third-order valence-corrected chi connectivity index (χ3v) is 4.81. The summed E-state index contributed by atoms with van der Waals surface area (Å²) in [5.74, 6) is 0. The van der Waals surface area contributed by atoms with Crippen LogP contribution in [0.4, 0.5) is 0 Å². The van der Waals surface area contributed by atoms with E-state index in [1.807, 2.05) is 0 Å². The molecule has 0 nitrogen and oxygen atoms in total. The van der Waals surface area contributed by atoms with Gasteiger partial charge in [-0.15, -0.1) is 0 Å². The Morgan fingerprint density at radius 3 is 1.70 bits per heavy atom. The van der Waals surface area contributed by atoms with Crippen LogP contribution >= 0.6 is 50.4 Å². The van der Waals surface area contributed by atoms with Crippen LogP contribution in [-0.4, -0.2) is 23.0 Å². The highest BCUT2D eigenvalue weighted by atomic mass is 79.9. The molecule has 10 heavy (non-hydrogen) atoms. The molecule has 0 aromatic heterocycles. The van der Waals surface area contributed by atoms with Crippen molar-refractivity contribution in [3.8, 4) is 0 Å². The van der Waals surface area contributed by atoms with Crippen LogP contribution in [0, 0.1) is 0 Å². The molecule has 0 unspecified atom stereocenters. The van der Waals surface area contributed by atoms with Crippen LogP contribution in [0.25, 0.3) is 0 Å². The molecule has 0 aromatic carbocycles. The van der Waals surface area contributed by atoms with E-state index in [0.29, 0.717) is 0 Å². The molecule has 62 valence electrons. The van der Waals surface area contributed by atoms with Crippen LogP contribution in [0.2, 0.25) is 0 Å². The van der Waals surface area contributed by atoms with E-state index in [1.165, 1.54) is 25.2 Å². The van der Waals surface area contributed by atoms with Crippen molar-refractivity contribution in [1.29, 1.82) is 0 Å². The Kier molecular flexibility index (Phi) is 10.2. The zero-order valence-electron chi connectivity index (χ0n) is 5.82. The van der Waals surface area contributed by atoms with E-state index in [-0.39, 0.29) is 7.27 Å². The Balaban J connectivity index is 3.00. The summed E-state index contributed by atoms with van der Waals surface area (Å²) in [6, 6.07) is 0. The number of hydrogen-bond donors (Lipinski definition) is 0. The summed E-state index contributed by atoms with van der Waals surface area (Å²) in [5, 5.41) is 2.18. The highest BCUT2D eigenvalue weighted by Crippen LogP contribution is 2.42. The summed E-state index contributed by atoms with van der Waals surface area (Å²) in [5.41, 5.74) is 0. The minimum absolute atomic E-state index is 0.180. The highest BCUT2D eigenvalue weighted by Gasteiger charge is 2.01. The lowest BCUT2D eigenvalue weighted by molar-refractivity contribution is 1.09. The molecule has 0 aliphatic carbocycles. The van der Waals surface area contributed by atoms with Crippen LogP contribution in [0.5, 0.6) is 0 Å². The van der Waals surface area contributed by atoms with E-state index in [0.717, 1.165) is 10.7 Å². The number of rotatable bonds is 6. The van der Waals surface area contributed by atoms with Gasteiger partial charge in [0.1, 0.15) is 0 Å². The predicted molar refractivity (Wildman–Crippen MR) is 59.3 cm³/mol. The molecule has 0 aromatic rings. The lowest BCUT2D eigenvalue weighted by Crippen LogP contribution is -1.87. The lowest BCUT2D eigenvalue weighted by atomic mass is 10.6. The van der Waals surface area contributed by atoms with E-state index in [1.54, 1.807) is 0 Å². The van der Waals surface area contributed by atoms with Gasteiger partial charge in [-0.25, -0.2) is 0 Å². The van der Waals surface area contributed by atoms with E-state index in [9.17, 15) is 0 Å². The fraction of sp³-hybridized carbons (Fsp3) is 1.00. The van der Waals surface area contributed by atoms with Crippen molar-refractivity contribution in [3.05, 3.63) is 0 Å². The van der Waals surface area contributed by atoms with Crippen molar-refractivity contribution < 1.29 is 0 Å². The summed E-state index contributed by atoms with van der Waals surface area (Å²) in [6.07, 6.45) is 4.85. The van der Waals surface area contributed by atoms with Gasteiger partial charge in [0.2, 0.25) is 0 Å². The SMILES string of the molecule is ClP(CCCBr)CCCBr. The van der Waals surface area contributed by atoms with Gasteiger partial charge in [-0.3, -0.25) is 0 Å². The molecule has 0 radical (unpaired) electrons. The maximum Gasteiger partial charge on any atom is 0.00350 e. The molecular weight excluding hydrogens is 298 g/mol. The van der Waals surface area contributed by atoms with Gasteiger partial charge in [0, 0.05) is 10.7 Å². The standard InChI is InChI=1S/C6H12Br2ClP/c7-3-1-5-10(9)6-2-4-8/h1-6H2. The Labute approximate surface area is 85.9 Å². The number of halogens is 3. The molecule has 0 atom stereocenters. The molecule has 0 spiro atoms. The first kappa shape index (κ1) is 11.7. The Bertz CT molecular complexity index is 64.8. The van der Waals surface area contributed by atoms with Crippen LogP contribution in [0.3, 0.4) is 0 Å². The first-order chi connectivity index (χ1) is 4.81. The molecule has 0 saturated heterocycles. The minimum atomic E-state index is -0.180. The Hall–Kier alpha value is 1.68. The second-order valence-electron chi connectivity index (χ2n) is 1.99. The van der Waals surface area contributed by atoms with Gasteiger partial charge in [-0.2, -0.15) is 0 Å². The van der Waals surface area contributed by atoms with Gasteiger partial charge in [0.25, 0.3) is 0 Å². The summed E-state index contributed by atoms with van der Waals surface area (Å²) >= 11 is 12.8. The maximum atomic E-state index is 6.06. The van der Waals surface area contributed by atoms with E-state index < -0.39 is 0 Å². The highest BCUT2D eigenvalue weighted by molar-refractivity contribution is 9.09. The van der Waals surface area contributed by atoms with Gasteiger partial charge >= 0.3 is 0 Å². The second-order valence-corrected chi connectivity index (χ2v) is 6.83. The zero-order valence-corrected chi connectivity index (χ0v) is 10.6.